The molecule has 148 valence electrons. The Morgan fingerprint density at radius 1 is 1.39 bits per heavy atom. The number of aromatic nitrogens is 3. The van der Waals surface area contributed by atoms with E-state index in [-0.39, 0.29) is 24.0 Å². The zero-order valence-electron chi connectivity index (χ0n) is 15.8. The number of hydrogen-bond acceptors (Lipinski definition) is 5. The fourth-order valence-electron chi connectivity index (χ4n) is 2.74. The van der Waals surface area contributed by atoms with Gasteiger partial charge in [-0.2, -0.15) is 5.10 Å². The van der Waals surface area contributed by atoms with Crippen molar-refractivity contribution in [1.82, 2.24) is 19.8 Å². The largest absolute Gasteiger partial charge is 0.486 e. The minimum Gasteiger partial charge on any atom is -0.486 e. The second-order valence-corrected chi connectivity index (χ2v) is 7.06. The number of benzene rings is 1. The monoisotopic (exact) mass is 450 g/mol. The molecule has 9 heteroatoms. The average molecular weight is 451 g/mol. The number of ether oxygens (including phenoxy) is 1. The SMILES string of the molecule is CCn1ncc(Br)c1CN(C)C(=O)c1noc(C)c1COc1ccccc1F. The number of nitrogens with zero attached hydrogens (tertiary/aromatic N) is 4. The van der Waals surface area contributed by atoms with Crippen LogP contribution in [-0.2, 0) is 19.7 Å². The molecule has 7 nitrogen and oxygen atoms in total. The first-order valence-electron chi connectivity index (χ1n) is 8.70. The third kappa shape index (κ3) is 4.09. The lowest BCUT2D eigenvalue weighted by Crippen LogP contribution is -2.29. The molecule has 2 aromatic heterocycles. The van der Waals surface area contributed by atoms with Gasteiger partial charge in [-0.3, -0.25) is 9.48 Å². The number of carbonyl (C=O) groups is 1. The van der Waals surface area contributed by atoms with Crippen molar-refractivity contribution in [1.29, 1.82) is 0 Å². The Balaban J connectivity index is 1.77. The van der Waals surface area contributed by atoms with Gasteiger partial charge in [0.15, 0.2) is 17.3 Å². The Morgan fingerprint density at radius 2 is 2.14 bits per heavy atom. The first-order valence-corrected chi connectivity index (χ1v) is 9.49. The van der Waals surface area contributed by atoms with Gasteiger partial charge in [-0.25, -0.2) is 4.39 Å². The zero-order chi connectivity index (χ0) is 20.3. The highest BCUT2D eigenvalue weighted by molar-refractivity contribution is 9.10. The fraction of sp³-hybridized carbons (Fsp3) is 0.316. The molecule has 3 rings (SSSR count). The lowest BCUT2D eigenvalue weighted by atomic mass is 10.2. The van der Waals surface area contributed by atoms with Gasteiger partial charge in [0, 0.05) is 13.6 Å². The van der Waals surface area contributed by atoms with Crippen molar-refractivity contribution in [3.05, 3.63) is 63.5 Å². The van der Waals surface area contributed by atoms with Crippen molar-refractivity contribution < 1.29 is 18.4 Å². The standard InChI is InChI=1S/C19H20BrFN4O3/c1-4-25-16(14(20)9-22-25)10-24(3)19(26)18-13(12(2)28-23-18)11-27-17-8-6-5-7-15(17)21/h5-9H,4,10-11H2,1-3H3. The van der Waals surface area contributed by atoms with Gasteiger partial charge in [0.25, 0.3) is 5.91 Å². The van der Waals surface area contributed by atoms with Gasteiger partial charge in [-0.15, -0.1) is 0 Å². The van der Waals surface area contributed by atoms with E-state index in [9.17, 15) is 9.18 Å². The molecule has 0 saturated heterocycles. The first-order chi connectivity index (χ1) is 13.4. The van der Waals surface area contributed by atoms with Crippen LogP contribution in [0.4, 0.5) is 4.39 Å². The minimum atomic E-state index is -0.473. The van der Waals surface area contributed by atoms with Crippen LogP contribution in [0.15, 0.2) is 39.5 Å². The van der Waals surface area contributed by atoms with Crippen LogP contribution in [0.1, 0.15) is 34.4 Å². The van der Waals surface area contributed by atoms with Gasteiger partial charge in [-0.05, 0) is 41.9 Å². The lowest BCUT2D eigenvalue weighted by Gasteiger charge is -2.17. The van der Waals surface area contributed by atoms with Crippen molar-refractivity contribution in [2.45, 2.75) is 33.5 Å². The summed E-state index contributed by atoms with van der Waals surface area (Å²) in [5.74, 6) is -0.238. The molecule has 0 aliphatic carbocycles. The molecule has 0 fully saturated rings. The molecule has 28 heavy (non-hydrogen) atoms. The molecule has 0 radical (unpaired) electrons. The van der Waals surface area contributed by atoms with Crippen molar-refractivity contribution in [3.8, 4) is 5.75 Å². The summed E-state index contributed by atoms with van der Waals surface area (Å²) in [6, 6.07) is 6.09. The lowest BCUT2D eigenvalue weighted by molar-refractivity contribution is 0.0768. The fourth-order valence-corrected chi connectivity index (χ4v) is 3.16. The number of rotatable bonds is 7. The molecule has 0 atom stereocenters. The van der Waals surface area contributed by atoms with Crippen LogP contribution in [0.3, 0.4) is 0 Å². The summed E-state index contributed by atoms with van der Waals surface area (Å²) in [5.41, 5.74) is 1.51. The quantitative estimate of drug-likeness (QED) is 0.544. The van der Waals surface area contributed by atoms with E-state index in [4.69, 9.17) is 9.26 Å². The van der Waals surface area contributed by atoms with Gasteiger partial charge >= 0.3 is 0 Å². The summed E-state index contributed by atoms with van der Waals surface area (Å²) >= 11 is 3.46. The Kier molecular flexibility index (Phi) is 6.13. The summed E-state index contributed by atoms with van der Waals surface area (Å²) in [6.45, 7) is 4.67. The molecule has 0 aliphatic heterocycles. The third-order valence-corrected chi connectivity index (χ3v) is 4.99. The van der Waals surface area contributed by atoms with Gasteiger partial charge in [0.2, 0.25) is 0 Å². The van der Waals surface area contributed by atoms with E-state index in [0.29, 0.717) is 24.4 Å². The molecular weight excluding hydrogens is 431 g/mol. The van der Waals surface area contributed by atoms with Crippen LogP contribution >= 0.6 is 15.9 Å². The van der Waals surface area contributed by atoms with Crippen LogP contribution in [0, 0.1) is 12.7 Å². The predicted octanol–water partition coefficient (Wildman–Crippen LogP) is 3.95. The van der Waals surface area contributed by atoms with Crippen LogP contribution in [0.25, 0.3) is 0 Å². The highest BCUT2D eigenvalue weighted by Gasteiger charge is 2.25. The normalized spacial score (nSPS) is 10.9. The van der Waals surface area contributed by atoms with E-state index in [1.165, 1.54) is 17.0 Å². The average Bonchev–Trinajstić information content (AvgIpc) is 3.23. The van der Waals surface area contributed by atoms with Crippen LogP contribution < -0.4 is 4.74 Å². The summed E-state index contributed by atoms with van der Waals surface area (Å²) < 4.78 is 27.1. The Morgan fingerprint density at radius 3 is 2.86 bits per heavy atom. The number of hydrogen-bond donors (Lipinski definition) is 0. The molecule has 0 unspecified atom stereocenters. The van der Waals surface area contributed by atoms with Gasteiger partial charge < -0.3 is 14.2 Å². The Hall–Kier alpha value is -2.68. The van der Waals surface area contributed by atoms with Crippen LogP contribution in [0.5, 0.6) is 5.75 Å². The highest BCUT2D eigenvalue weighted by Crippen LogP contribution is 2.22. The van der Waals surface area contributed by atoms with Crippen molar-refractivity contribution >= 4 is 21.8 Å². The number of para-hydroxylation sites is 1. The first kappa shape index (κ1) is 20.1. The smallest absolute Gasteiger partial charge is 0.276 e. The van der Waals surface area contributed by atoms with E-state index in [1.807, 2.05) is 11.6 Å². The molecule has 0 saturated carbocycles. The Bertz CT molecular complexity index is 985. The molecular formula is C19H20BrFN4O3. The van der Waals surface area contributed by atoms with Gasteiger partial charge in [0.1, 0.15) is 12.4 Å². The van der Waals surface area contributed by atoms with Gasteiger partial charge in [-0.1, -0.05) is 17.3 Å². The number of carbonyl (C=O) groups excluding carboxylic acids is 1. The molecule has 0 bridgehead atoms. The maximum absolute atomic E-state index is 13.8. The topological polar surface area (TPSA) is 73.4 Å². The molecule has 0 spiro atoms. The maximum Gasteiger partial charge on any atom is 0.276 e. The number of aryl methyl sites for hydroxylation is 2. The summed E-state index contributed by atoms with van der Waals surface area (Å²) in [4.78, 5) is 14.4. The van der Waals surface area contributed by atoms with Crippen LogP contribution in [0.2, 0.25) is 0 Å². The summed E-state index contributed by atoms with van der Waals surface area (Å²) in [6.07, 6.45) is 1.70. The molecule has 1 amide bonds. The third-order valence-electron chi connectivity index (χ3n) is 4.33. The van der Waals surface area contributed by atoms with E-state index in [0.717, 1.165) is 10.2 Å². The number of amides is 1. The second-order valence-electron chi connectivity index (χ2n) is 6.20. The van der Waals surface area contributed by atoms with Crippen molar-refractivity contribution in [3.63, 3.8) is 0 Å². The molecule has 1 aromatic carbocycles. The zero-order valence-corrected chi connectivity index (χ0v) is 17.4. The van der Waals surface area contributed by atoms with E-state index in [1.54, 1.807) is 32.3 Å². The second kappa shape index (κ2) is 8.55. The number of halogens is 2. The van der Waals surface area contributed by atoms with Crippen LogP contribution in [-0.4, -0.2) is 32.8 Å². The van der Waals surface area contributed by atoms with E-state index < -0.39 is 5.82 Å². The predicted molar refractivity (Wildman–Crippen MR) is 103 cm³/mol. The molecule has 3 aromatic rings. The van der Waals surface area contributed by atoms with Crippen molar-refractivity contribution in [2.24, 2.45) is 0 Å². The van der Waals surface area contributed by atoms with E-state index in [2.05, 4.69) is 26.2 Å². The van der Waals surface area contributed by atoms with E-state index >= 15 is 0 Å². The molecule has 0 N–H and O–H groups in total. The van der Waals surface area contributed by atoms with Crippen molar-refractivity contribution in [2.75, 3.05) is 7.05 Å². The molecule has 0 aliphatic rings. The minimum absolute atomic E-state index is 0.0260. The highest BCUT2D eigenvalue weighted by atomic mass is 79.9. The van der Waals surface area contributed by atoms with Gasteiger partial charge in [0.05, 0.1) is 28.5 Å². The molecule has 2 heterocycles. The maximum atomic E-state index is 13.8. The summed E-state index contributed by atoms with van der Waals surface area (Å²) in [7, 11) is 1.67. The Labute approximate surface area is 170 Å². The summed E-state index contributed by atoms with van der Waals surface area (Å²) in [5, 5.41) is 8.15.